The Morgan fingerprint density at radius 2 is 1.87 bits per heavy atom. The molecule has 0 saturated carbocycles. The van der Waals surface area contributed by atoms with Crippen LogP contribution in [0.15, 0.2) is 36.7 Å². The predicted molar refractivity (Wildman–Crippen MR) is 90.7 cm³/mol. The fraction of sp³-hybridized carbons (Fsp3) is 0.444. The van der Waals surface area contributed by atoms with Crippen LogP contribution in [0.4, 0.5) is 0 Å². The summed E-state index contributed by atoms with van der Waals surface area (Å²) in [5.41, 5.74) is 8.65. The highest BCUT2D eigenvalue weighted by molar-refractivity contribution is 5.73. The van der Waals surface area contributed by atoms with E-state index in [1.807, 2.05) is 6.20 Å². The lowest BCUT2D eigenvalue weighted by atomic mass is 10.0. The monoisotopic (exact) mass is 312 g/mol. The summed E-state index contributed by atoms with van der Waals surface area (Å²) in [6, 6.07) is 9.10. The van der Waals surface area contributed by atoms with Gasteiger partial charge in [0.25, 0.3) is 0 Å². The van der Waals surface area contributed by atoms with Crippen molar-refractivity contribution in [2.75, 3.05) is 13.1 Å². The molecule has 1 saturated heterocycles. The van der Waals surface area contributed by atoms with Gasteiger partial charge in [-0.2, -0.15) is 5.10 Å². The average molecular weight is 312 g/mol. The minimum absolute atomic E-state index is 0.115. The number of nitrogens with two attached hydrogens (primary N) is 1. The van der Waals surface area contributed by atoms with Gasteiger partial charge in [0.2, 0.25) is 5.91 Å². The number of carbonyl (C=O) groups is 1. The first-order valence-corrected chi connectivity index (χ1v) is 8.28. The first kappa shape index (κ1) is 15.7. The van der Waals surface area contributed by atoms with Crippen molar-refractivity contribution >= 4 is 5.91 Å². The largest absolute Gasteiger partial charge is 0.368 e. The molecule has 1 atom stereocenters. The molecule has 5 heteroatoms. The molecule has 1 amide bonds. The van der Waals surface area contributed by atoms with Crippen molar-refractivity contribution in [1.29, 1.82) is 0 Å². The number of likely N-dealkylation sites (tertiary alicyclic amines) is 1. The molecule has 0 radical (unpaired) electrons. The summed E-state index contributed by atoms with van der Waals surface area (Å²) < 4.78 is 1.57. The first-order valence-electron chi connectivity index (χ1n) is 8.28. The Morgan fingerprint density at radius 1 is 1.17 bits per heavy atom. The zero-order valence-corrected chi connectivity index (χ0v) is 13.6. The average Bonchev–Trinajstić information content (AvgIpc) is 3.03. The maximum absolute atomic E-state index is 10.9. The summed E-state index contributed by atoms with van der Waals surface area (Å²) in [4.78, 5) is 13.5. The Bertz CT molecular complexity index is 656. The second-order valence-electron chi connectivity index (χ2n) is 6.29. The van der Waals surface area contributed by atoms with Gasteiger partial charge >= 0.3 is 0 Å². The Balaban J connectivity index is 1.71. The Morgan fingerprint density at radius 3 is 2.52 bits per heavy atom. The molecule has 1 aliphatic heterocycles. The number of hydrogen-bond donors (Lipinski definition) is 1. The summed E-state index contributed by atoms with van der Waals surface area (Å²) in [6.07, 6.45) is 7.60. The van der Waals surface area contributed by atoms with Crippen LogP contribution in [0.3, 0.4) is 0 Å². The predicted octanol–water partition coefficient (Wildman–Crippen LogP) is 2.58. The zero-order valence-electron chi connectivity index (χ0n) is 13.6. The standard InChI is InChI=1S/C18H24N4O/c1-14(21-9-3-2-4-10-21)15-5-7-16(8-6-15)17-11-20-22(12-17)13-18(19)23/h5-8,11-12,14H,2-4,9-10,13H2,1H3,(H2,19,23)/t14-/m1/s1. The lowest BCUT2D eigenvalue weighted by Crippen LogP contribution is -2.32. The molecule has 1 aromatic heterocycles. The second-order valence-corrected chi connectivity index (χ2v) is 6.29. The van der Waals surface area contributed by atoms with E-state index in [2.05, 4.69) is 41.2 Å². The summed E-state index contributed by atoms with van der Waals surface area (Å²) in [7, 11) is 0. The number of carbonyl (C=O) groups excluding carboxylic acids is 1. The third kappa shape index (κ3) is 3.79. The van der Waals surface area contributed by atoms with E-state index in [1.54, 1.807) is 10.9 Å². The molecule has 0 bridgehead atoms. The van der Waals surface area contributed by atoms with Gasteiger partial charge in [-0.05, 0) is 44.0 Å². The van der Waals surface area contributed by atoms with Crippen molar-refractivity contribution in [1.82, 2.24) is 14.7 Å². The van der Waals surface area contributed by atoms with Crippen molar-refractivity contribution in [3.63, 3.8) is 0 Å². The van der Waals surface area contributed by atoms with Crippen LogP contribution in [-0.2, 0) is 11.3 Å². The zero-order chi connectivity index (χ0) is 16.2. The van der Waals surface area contributed by atoms with Gasteiger partial charge < -0.3 is 5.73 Å². The molecule has 3 rings (SSSR count). The number of piperidine rings is 1. The van der Waals surface area contributed by atoms with Crippen molar-refractivity contribution < 1.29 is 4.79 Å². The minimum Gasteiger partial charge on any atom is -0.368 e. The van der Waals surface area contributed by atoms with Crippen LogP contribution < -0.4 is 5.73 Å². The molecule has 2 heterocycles. The molecule has 1 aliphatic rings. The Labute approximate surface area is 137 Å². The number of benzene rings is 1. The number of hydrogen-bond acceptors (Lipinski definition) is 3. The quantitative estimate of drug-likeness (QED) is 0.923. The fourth-order valence-corrected chi connectivity index (χ4v) is 3.23. The molecule has 1 aromatic carbocycles. The summed E-state index contributed by atoms with van der Waals surface area (Å²) in [5, 5.41) is 4.17. The number of rotatable bonds is 5. The van der Waals surface area contributed by atoms with Crippen LogP contribution in [0.5, 0.6) is 0 Å². The molecule has 0 aliphatic carbocycles. The minimum atomic E-state index is -0.384. The van der Waals surface area contributed by atoms with Crippen LogP contribution >= 0.6 is 0 Å². The molecule has 23 heavy (non-hydrogen) atoms. The van der Waals surface area contributed by atoms with Crippen LogP contribution in [0.1, 0.15) is 37.8 Å². The SMILES string of the molecule is C[C@H](c1ccc(-c2cnn(CC(N)=O)c2)cc1)N1CCCCC1. The van der Waals surface area contributed by atoms with Crippen LogP contribution in [-0.4, -0.2) is 33.7 Å². The molecule has 0 unspecified atom stereocenters. The van der Waals surface area contributed by atoms with E-state index in [1.165, 1.54) is 37.9 Å². The van der Waals surface area contributed by atoms with Gasteiger partial charge in [-0.1, -0.05) is 30.7 Å². The van der Waals surface area contributed by atoms with Gasteiger partial charge in [0.05, 0.1) is 6.20 Å². The Kier molecular flexibility index (Phi) is 4.76. The van der Waals surface area contributed by atoms with Gasteiger partial charge in [-0.15, -0.1) is 0 Å². The van der Waals surface area contributed by atoms with E-state index < -0.39 is 0 Å². The molecular formula is C18H24N4O. The highest BCUT2D eigenvalue weighted by Gasteiger charge is 2.18. The van der Waals surface area contributed by atoms with Crippen LogP contribution in [0.25, 0.3) is 11.1 Å². The molecule has 0 spiro atoms. The third-order valence-electron chi connectivity index (χ3n) is 4.62. The second kappa shape index (κ2) is 6.96. The van der Waals surface area contributed by atoms with Gasteiger partial charge in [0.15, 0.2) is 0 Å². The number of nitrogens with zero attached hydrogens (tertiary/aromatic N) is 3. The molecular weight excluding hydrogens is 288 g/mol. The van der Waals surface area contributed by atoms with E-state index in [0.717, 1.165) is 11.1 Å². The van der Waals surface area contributed by atoms with E-state index >= 15 is 0 Å². The number of primary amides is 1. The van der Waals surface area contributed by atoms with E-state index in [9.17, 15) is 4.79 Å². The molecule has 2 aromatic rings. The number of amides is 1. The Hall–Kier alpha value is -2.14. The van der Waals surface area contributed by atoms with Crippen LogP contribution in [0.2, 0.25) is 0 Å². The van der Waals surface area contributed by atoms with Gasteiger partial charge in [0, 0.05) is 17.8 Å². The fourth-order valence-electron chi connectivity index (χ4n) is 3.23. The summed E-state index contributed by atoms with van der Waals surface area (Å²) in [5.74, 6) is -0.384. The lowest BCUT2D eigenvalue weighted by molar-refractivity contribution is -0.118. The van der Waals surface area contributed by atoms with Gasteiger partial charge in [-0.25, -0.2) is 0 Å². The molecule has 5 nitrogen and oxygen atoms in total. The van der Waals surface area contributed by atoms with Crippen molar-refractivity contribution in [3.05, 3.63) is 42.2 Å². The van der Waals surface area contributed by atoms with E-state index in [0.29, 0.717) is 6.04 Å². The maximum atomic E-state index is 10.9. The van der Waals surface area contributed by atoms with Gasteiger partial charge in [0.1, 0.15) is 6.54 Å². The van der Waals surface area contributed by atoms with Crippen molar-refractivity contribution in [2.45, 2.75) is 38.8 Å². The van der Waals surface area contributed by atoms with Crippen molar-refractivity contribution in [2.24, 2.45) is 5.73 Å². The lowest BCUT2D eigenvalue weighted by Gasteiger charge is -2.32. The van der Waals surface area contributed by atoms with E-state index in [-0.39, 0.29) is 12.5 Å². The maximum Gasteiger partial charge on any atom is 0.239 e. The first-order chi connectivity index (χ1) is 11.1. The van der Waals surface area contributed by atoms with Gasteiger partial charge in [-0.3, -0.25) is 14.4 Å². The topological polar surface area (TPSA) is 64.2 Å². The normalized spacial score (nSPS) is 17.1. The molecule has 2 N–H and O–H groups in total. The molecule has 122 valence electrons. The van der Waals surface area contributed by atoms with Crippen molar-refractivity contribution in [3.8, 4) is 11.1 Å². The highest BCUT2D eigenvalue weighted by Crippen LogP contribution is 2.26. The molecule has 1 fully saturated rings. The smallest absolute Gasteiger partial charge is 0.239 e. The van der Waals surface area contributed by atoms with E-state index in [4.69, 9.17) is 5.73 Å². The third-order valence-corrected chi connectivity index (χ3v) is 4.62. The summed E-state index contributed by atoms with van der Waals surface area (Å²) in [6.45, 7) is 4.79. The number of aromatic nitrogens is 2. The highest BCUT2D eigenvalue weighted by atomic mass is 16.1. The summed E-state index contributed by atoms with van der Waals surface area (Å²) >= 11 is 0. The van der Waals surface area contributed by atoms with Crippen LogP contribution in [0, 0.1) is 0 Å².